The summed E-state index contributed by atoms with van der Waals surface area (Å²) in [6.45, 7) is 2.95. The number of hydrogen-bond donors (Lipinski definition) is 1. The summed E-state index contributed by atoms with van der Waals surface area (Å²) in [6, 6.07) is 0.0869. The zero-order valence-electron chi connectivity index (χ0n) is 13.1. The van der Waals surface area contributed by atoms with E-state index in [9.17, 15) is 13.2 Å². The molecule has 0 aliphatic heterocycles. The summed E-state index contributed by atoms with van der Waals surface area (Å²) in [6.07, 6.45) is 5.14. The van der Waals surface area contributed by atoms with Crippen molar-refractivity contribution < 1.29 is 17.9 Å². The normalized spacial score (nSPS) is 21.8. The van der Waals surface area contributed by atoms with E-state index in [2.05, 4.69) is 17.0 Å². The molecule has 6 heteroatoms. The minimum absolute atomic E-state index is 0.0869. The van der Waals surface area contributed by atoms with E-state index < -0.39 is 9.84 Å². The van der Waals surface area contributed by atoms with E-state index in [-0.39, 0.29) is 35.4 Å². The second-order valence-corrected chi connectivity index (χ2v) is 8.81. The van der Waals surface area contributed by atoms with Gasteiger partial charge in [0.05, 0.1) is 25.0 Å². The van der Waals surface area contributed by atoms with Crippen LogP contribution in [-0.4, -0.2) is 45.6 Å². The van der Waals surface area contributed by atoms with Crippen molar-refractivity contribution in [1.29, 1.82) is 0 Å². The lowest BCUT2D eigenvalue weighted by Gasteiger charge is -2.20. The standard InChI is InChI=1S/C15H27NO4S/c1-3-8-16-13(12-4-5-12)10-21(18,19)11-15(6-7-15)9-14(17)20-2/h12-13,16H,3-11H2,1-2H3. The molecule has 2 aliphatic rings. The SMILES string of the molecule is CCCNC(CS(=O)(=O)CC1(CC(=O)OC)CC1)C1CC1. The van der Waals surface area contributed by atoms with Crippen LogP contribution < -0.4 is 5.32 Å². The fraction of sp³-hybridized carbons (Fsp3) is 0.933. The zero-order chi connectivity index (χ0) is 15.5. The van der Waals surface area contributed by atoms with Crippen LogP contribution in [0.4, 0.5) is 0 Å². The Morgan fingerprint density at radius 2 is 2.05 bits per heavy atom. The summed E-state index contributed by atoms with van der Waals surface area (Å²) in [4.78, 5) is 11.4. The molecule has 0 amide bonds. The lowest BCUT2D eigenvalue weighted by atomic mass is 10.1. The molecule has 0 aromatic carbocycles. The van der Waals surface area contributed by atoms with Crippen molar-refractivity contribution in [3.63, 3.8) is 0 Å². The van der Waals surface area contributed by atoms with Gasteiger partial charge in [-0.2, -0.15) is 0 Å². The highest BCUT2D eigenvalue weighted by molar-refractivity contribution is 7.91. The zero-order valence-corrected chi connectivity index (χ0v) is 13.9. The maximum Gasteiger partial charge on any atom is 0.306 e. The van der Waals surface area contributed by atoms with Crippen molar-refractivity contribution in [1.82, 2.24) is 5.32 Å². The van der Waals surface area contributed by atoms with Crippen LogP contribution in [-0.2, 0) is 19.4 Å². The number of hydrogen-bond acceptors (Lipinski definition) is 5. The molecule has 2 aliphatic carbocycles. The predicted octanol–water partition coefficient (Wildman–Crippen LogP) is 1.52. The van der Waals surface area contributed by atoms with Gasteiger partial charge in [0, 0.05) is 6.04 Å². The molecule has 2 saturated carbocycles. The Bertz CT molecular complexity index is 466. The second kappa shape index (κ2) is 6.65. The first-order valence-electron chi connectivity index (χ1n) is 7.90. The number of carbonyl (C=O) groups excluding carboxylic acids is 1. The third-order valence-electron chi connectivity index (χ3n) is 4.51. The minimum atomic E-state index is -3.14. The number of esters is 1. The lowest BCUT2D eigenvalue weighted by Crippen LogP contribution is -2.39. The molecule has 0 bridgehead atoms. The van der Waals surface area contributed by atoms with E-state index in [1.165, 1.54) is 7.11 Å². The van der Waals surface area contributed by atoms with Crippen molar-refractivity contribution in [3.8, 4) is 0 Å². The van der Waals surface area contributed by atoms with Crippen molar-refractivity contribution in [2.75, 3.05) is 25.2 Å². The van der Waals surface area contributed by atoms with Gasteiger partial charge in [0.25, 0.3) is 0 Å². The minimum Gasteiger partial charge on any atom is -0.469 e. The number of rotatable bonds is 10. The van der Waals surface area contributed by atoms with Gasteiger partial charge < -0.3 is 10.1 Å². The molecule has 0 aromatic rings. The number of ether oxygens (including phenoxy) is 1. The summed E-state index contributed by atoms with van der Waals surface area (Å²) in [5, 5.41) is 3.37. The van der Waals surface area contributed by atoms with Crippen molar-refractivity contribution in [2.45, 2.75) is 51.5 Å². The molecule has 21 heavy (non-hydrogen) atoms. The Labute approximate surface area is 127 Å². The Hall–Kier alpha value is -0.620. The van der Waals surface area contributed by atoms with Crippen molar-refractivity contribution in [2.24, 2.45) is 11.3 Å². The van der Waals surface area contributed by atoms with E-state index in [1.807, 2.05) is 0 Å². The molecule has 2 rings (SSSR count). The molecule has 0 heterocycles. The van der Waals surface area contributed by atoms with Gasteiger partial charge in [-0.15, -0.1) is 0 Å². The number of carbonyl (C=O) groups is 1. The van der Waals surface area contributed by atoms with E-state index in [1.54, 1.807) is 0 Å². The van der Waals surface area contributed by atoms with E-state index in [0.717, 1.165) is 38.6 Å². The summed E-state index contributed by atoms with van der Waals surface area (Å²) < 4.78 is 29.6. The fourth-order valence-electron chi connectivity index (χ4n) is 2.92. The monoisotopic (exact) mass is 317 g/mol. The quantitative estimate of drug-likeness (QED) is 0.619. The summed E-state index contributed by atoms with van der Waals surface area (Å²) >= 11 is 0. The van der Waals surface area contributed by atoms with Gasteiger partial charge in [0.2, 0.25) is 0 Å². The molecule has 0 aromatic heterocycles. The van der Waals surface area contributed by atoms with Gasteiger partial charge in [0.1, 0.15) is 0 Å². The summed E-state index contributed by atoms with van der Waals surface area (Å²) in [5.74, 6) is 0.555. The Morgan fingerprint density at radius 1 is 1.38 bits per heavy atom. The topological polar surface area (TPSA) is 72.5 Å². The molecule has 2 fully saturated rings. The van der Waals surface area contributed by atoms with E-state index in [0.29, 0.717) is 5.92 Å². The van der Waals surface area contributed by atoms with Gasteiger partial charge >= 0.3 is 5.97 Å². The van der Waals surface area contributed by atoms with Crippen LogP contribution in [0, 0.1) is 11.3 Å². The van der Waals surface area contributed by atoms with Gasteiger partial charge in [0.15, 0.2) is 9.84 Å². The number of methoxy groups -OCH3 is 1. The molecule has 5 nitrogen and oxygen atoms in total. The molecule has 122 valence electrons. The van der Waals surface area contributed by atoms with Gasteiger partial charge in [-0.25, -0.2) is 8.42 Å². The van der Waals surface area contributed by atoms with Crippen LogP contribution in [0.3, 0.4) is 0 Å². The summed E-state index contributed by atoms with van der Waals surface area (Å²) in [7, 11) is -1.78. The predicted molar refractivity (Wildman–Crippen MR) is 81.8 cm³/mol. The number of sulfone groups is 1. The van der Waals surface area contributed by atoms with Crippen molar-refractivity contribution >= 4 is 15.8 Å². The first kappa shape index (κ1) is 16.7. The first-order valence-corrected chi connectivity index (χ1v) is 9.72. The van der Waals surface area contributed by atoms with E-state index in [4.69, 9.17) is 0 Å². The van der Waals surface area contributed by atoms with Crippen LogP contribution in [0.1, 0.15) is 45.4 Å². The third-order valence-corrected chi connectivity index (χ3v) is 6.43. The molecule has 1 unspecified atom stereocenters. The Balaban J connectivity index is 1.90. The van der Waals surface area contributed by atoms with Gasteiger partial charge in [-0.3, -0.25) is 4.79 Å². The average Bonchev–Trinajstić information content (AvgIpc) is 3.29. The number of nitrogens with one attached hydrogen (secondary N) is 1. The molecule has 1 atom stereocenters. The van der Waals surface area contributed by atoms with Crippen LogP contribution in [0.25, 0.3) is 0 Å². The molecule has 0 saturated heterocycles. The highest BCUT2D eigenvalue weighted by Crippen LogP contribution is 2.50. The third kappa shape index (κ3) is 5.25. The molecular formula is C15H27NO4S. The lowest BCUT2D eigenvalue weighted by molar-refractivity contribution is -0.141. The first-order chi connectivity index (χ1) is 9.90. The molecule has 0 spiro atoms. The molecular weight excluding hydrogens is 290 g/mol. The molecule has 0 radical (unpaired) electrons. The van der Waals surface area contributed by atoms with Crippen LogP contribution >= 0.6 is 0 Å². The highest BCUT2D eigenvalue weighted by atomic mass is 32.2. The Morgan fingerprint density at radius 3 is 2.52 bits per heavy atom. The smallest absolute Gasteiger partial charge is 0.306 e. The molecule has 1 N–H and O–H groups in total. The fourth-order valence-corrected chi connectivity index (χ4v) is 5.30. The van der Waals surface area contributed by atoms with Crippen molar-refractivity contribution in [3.05, 3.63) is 0 Å². The van der Waals surface area contributed by atoms with Crippen LogP contribution in [0.15, 0.2) is 0 Å². The average molecular weight is 317 g/mol. The van der Waals surface area contributed by atoms with E-state index >= 15 is 0 Å². The highest BCUT2D eigenvalue weighted by Gasteiger charge is 2.48. The van der Waals surface area contributed by atoms with Crippen LogP contribution in [0.5, 0.6) is 0 Å². The van der Waals surface area contributed by atoms with Gasteiger partial charge in [-0.05, 0) is 50.0 Å². The second-order valence-electron chi connectivity index (χ2n) is 6.71. The summed E-state index contributed by atoms with van der Waals surface area (Å²) in [5.41, 5.74) is -0.342. The maximum atomic E-state index is 12.5. The maximum absolute atomic E-state index is 12.5. The Kier molecular flexibility index (Phi) is 5.30. The van der Waals surface area contributed by atoms with Crippen LogP contribution in [0.2, 0.25) is 0 Å². The van der Waals surface area contributed by atoms with Gasteiger partial charge in [-0.1, -0.05) is 6.92 Å². The largest absolute Gasteiger partial charge is 0.469 e.